The SMILES string of the molecule is NCCN(CCc1ccccc1)C(=O)Cc1csc(NC(=O)c2ccco2)n1. The number of carbonyl (C=O) groups excluding carboxylic acids is 2. The lowest BCUT2D eigenvalue weighted by Gasteiger charge is -2.21. The first-order chi connectivity index (χ1) is 13.7. The third kappa shape index (κ3) is 5.51. The molecule has 0 aliphatic heterocycles. The molecule has 8 heteroatoms. The minimum Gasteiger partial charge on any atom is -0.459 e. The van der Waals surface area contributed by atoms with Gasteiger partial charge in [-0.05, 0) is 24.1 Å². The van der Waals surface area contributed by atoms with Crippen LogP contribution in [0, 0.1) is 0 Å². The molecule has 146 valence electrons. The van der Waals surface area contributed by atoms with Crippen molar-refractivity contribution >= 4 is 28.3 Å². The number of nitrogens with two attached hydrogens (primary N) is 1. The molecule has 3 aromatic rings. The number of nitrogens with zero attached hydrogens (tertiary/aromatic N) is 2. The number of nitrogens with one attached hydrogen (secondary N) is 1. The second-order valence-electron chi connectivity index (χ2n) is 6.16. The molecule has 3 rings (SSSR count). The van der Waals surface area contributed by atoms with Crippen LogP contribution in [-0.4, -0.2) is 41.3 Å². The fourth-order valence-electron chi connectivity index (χ4n) is 2.70. The lowest BCUT2D eigenvalue weighted by molar-refractivity contribution is -0.130. The Morgan fingerprint density at radius 3 is 2.68 bits per heavy atom. The molecule has 0 radical (unpaired) electrons. The summed E-state index contributed by atoms with van der Waals surface area (Å²) >= 11 is 1.27. The van der Waals surface area contributed by atoms with Crippen molar-refractivity contribution in [3.05, 3.63) is 71.1 Å². The van der Waals surface area contributed by atoms with Crippen LogP contribution in [-0.2, 0) is 17.6 Å². The first kappa shape index (κ1) is 19.8. The molecule has 0 spiro atoms. The maximum absolute atomic E-state index is 12.7. The average Bonchev–Trinajstić information content (AvgIpc) is 3.38. The van der Waals surface area contributed by atoms with Crippen LogP contribution >= 0.6 is 11.3 Å². The van der Waals surface area contributed by atoms with E-state index < -0.39 is 0 Å². The Morgan fingerprint density at radius 1 is 1.14 bits per heavy atom. The Kier molecular flexibility index (Phi) is 6.94. The maximum atomic E-state index is 12.7. The Morgan fingerprint density at radius 2 is 1.96 bits per heavy atom. The van der Waals surface area contributed by atoms with E-state index in [0.29, 0.717) is 30.5 Å². The Labute approximate surface area is 167 Å². The molecule has 0 saturated carbocycles. The zero-order valence-electron chi connectivity index (χ0n) is 15.3. The fraction of sp³-hybridized carbons (Fsp3) is 0.250. The number of anilines is 1. The number of hydrogen-bond acceptors (Lipinski definition) is 6. The standard InChI is InChI=1S/C20H22N4O3S/c21-9-11-24(10-8-15-5-2-1-3-6-15)18(25)13-16-14-28-20(22-16)23-19(26)17-7-4-12-27-17/h1-7,12,14H,8-11,13,21H2,(H,22,23,26). The molecule has 0 saturated heterocycles. The summed E-state index contributed by atoms with van der Waals surface area (Å²) in [6.07, 6.45) is 2.37. The number of hydrogen-bond donors (Lipinski definition) is 2. The smallest absolute Gasteiger partial charge is 0.293 e. The first-order valence-electron chi connectivity index (χ1n) is 8.96. The van der Waals surface area contributed by atoms with Crippen molar-refractivity contribution in [3.8, 4) is 0 Å². The van der Waals surface area contributed by atoms with Crippen LogP contribution in [0.1, 0.15) is 21.8 Å². The lowest BCUT2D eigenvalue weighted by atomic mass is 10.1. The molecule has 7 nitrogen and oxygen atoms in total. The average molecular weight is 398 g/mol. The van der Waals surface area contributed by atoms with Gasteiger partial charge in [0.15, 0.2) is 10.9 Å². The number of rotatable bonds is 9. The van der Waals surface area contributed by atoms with E-state index in [9.17, 15) is 9.59 Å². The van der Waals surface area contributed by atoms with Gasteiger partial charge in [0.25, 0.3) is 5.91 Å². The number of furan rings is 1. The molecular formula is C20H22N4O3S. The highest BCUT2D eigenvalue weighted by molar-refractivity contribution is 7.14. The van der Waals surface area contributed by atoms with E-state index in [-0.39, 0.29) is 24.0 Å². The number of amides is 2. The monoisotopic (exact) mass is 398 g/mol. The molecule has 0 unspecified atom stereocenters. The highest BCUT2D eigenvalue weighted by Gasteiger charge is 2.16. The van der Waals surface area contributed by atoms with Crippen LogP contribution in [0.5, 0.6) is 0 Å². The third-order valence-corrected chi connectivity index (χ3v) is 4.92. The topological polar surface area (TPSA) is 101 Å². The first-order valence-corrected chi connectivity index (χ1v) is 9.84. The number of thiazole rings is 1. The Bertz CT molecular complexity index is 893. The van der Waals surface area contributed by atoms with Crippen molar-refractivity contribution in [2.24, 2.45) is 5.73 Å². The molecule has 0 atom stereocenters. The summed E-state index contributed by atoms with van der Waals surface area (Å²) in [5.41, 5.74) is 7.46. The highest BCUT2D eigenvalue weighted by atomic mass is 32.1. The van der Waals surface area contributed by atoms with Crippen LogP contribution in [0.4, 0.5) is 5.13 Å². The Hall–Kier alpha value is -2.97. The van der Waals surface area contributed by atoms with Crippen LogP contribution < -0.4 is 11.1 Å². The minimum atomic E-state index is -0.371. The summed E-state index contributed by atoms with van der Waals surface area (Å²) < 4.78 is 5.05. The molecule has 2 aromatic heterocycles. The van der Waals surface area contributed by atoms with Crippen molar-refractivity contribution in [3.63, 3.8) is 0 Å². The van der Waals surface area contributed by atoms with Gasteiger partial charge in [0.1, 0.15) is 0 Å². The molecule has 2 amide bonds. The van der Waals surface area contributed by atoms with Gasteiger partial charge in [-0.2, -0.15) is 0 Å². The van der Waals surface area contributed by atoms with Crippen LogP contribution in [0.3, 0.4) is 0 Å². The van der Waals surface area contributed by atoms with Gasteiger partial charge in [-0.1, -0.05) is 30.3 Å². The maximum Gasteiger partial charge on any atom is 0.293 e. The van der Waals surface area contributed by atoms with Crippen LogP contribution in [0.2, 0.25) is 0 Å². The van der Waals surface area contributed by atoms with Crippen molar-refractivity contribution in [2.45, 2.75) is 12.8 Å². The highest BCUT2D eigenvalue weighted by Crippen LogP contribution is 2.17. The van der Waals surface area contributed by atoms with Crippen molar-refractivity contribution < 1.29 is 14.0 Å². The number of aromatic nitrogens is 1. The summed E-state index contributed by atoms with van der Waals surface area (Å²) in [6.45, 7) is 1.51. The zero-order chi connectivity index (χ0) is 19.8. The quantitative estimate of drug-likeness (QED) is 0.577. The van der Waals surface area contributed by atoms with Gasteiger partial charge in [-0.15, -0.1) is 11.3 Å². The predicted octanol–water partition coefficient (Wildman–Crippen LogP) is 2.56. The van der Waals surface area contributed by atoms with E-state index in [2.05, 4.69) is 10.3 Å². The van der Waals surface area contributed by atoms with Gasteiger partial charge in [0, 0.05) is 25.0 Å². The van der Waals surface area contributed by atoms with E-state index in [1.165, 1.54) is 23.2 Å². The minimum absolute atomic E-state index is 0.0319. The van der Waals surface area contributed by atoms with E-state index >= 15 is 0 Å². The molecule has 1 aromatic carbocycles. The molecular weight excluding hydrogens is 376 g/mol. The molecule has 28 heavy (non-hydrogen) atoms. The summed E-state index contributed by atoms with van der Waals surface area (Å²) in [4.78, 5) is 30.8. The fourth-order valence-corrected chi connectivity index (χ4v) is 3.41. The Balaban J connectivity index is 1.55. The van der Waals surface area contributed by atoms with Crippen molar-refractivity contribution in [2.75, 3.05) is 25.0 Å². The molecule has 0 aliphatic carbocycles. The summed E-state index contributed by atoms with van der Waals surface area (Å²) in [5, 5.41) is 4.87. The third-order valence-electron chi connectivity index (χ3n) is 4.11. The molecule has 0 fully saturated rings. The summed E-state index contributed by atoms with van der Waals surface area (Å²) in [7, 11) is 0. The van der Waals surface area contributed by atoms with Gasteiger partial charge in [0.2, 0.25) is 5.91 Å². The van der Waals surface area contributed by atoms with Gasteiger partial charge in [-0.3, -0.25) is 14.9 Å². The molecule has 2 heterocycles. The largest absolute Gasteiger partial charge is 0.459 e. The predicted molar refractivity (Wildman–Crippen MR) is 108 cm³/mol. The van der Waals surface area contributed by atoms with E-state index in [0.717, 1.165) is 6.42 Å². The van der Waals surface area contributed by atoms with E-state index in [1.807, 2.05) is 30.3 Å². The molecule has 0 bridgehead atoms. The van der Waals surface area contributed by atoms with Gasteiger partial charge in [0.05, 0.1) is 18.4 Å². The normalized spacial score (nSPS) is 10.6. The summed E-state index contributed by atoms with van der Waals surface area (Å²) in [5.74, 6) is -0.191. The molecule has 0 aliphatic rings. The van der Waals surface area contributed by atoms with E-state index in [4.69, 9.17) is 10.2 Å². The van der Waals surface area contributed by atoms with Gasteiger partial charge < -0.3 is 15.1 Å². The van der Waals surface area contributed by atoms with Crippen molar-refractivity contribution in [1.29, 1.82) is 0 Å². The van der Waals surface area contributed by atoms with E-state index in [1.54, 1.807) is 22.4 Å². The van der Waals surface area contributed by atoms with Gasteiger partial charge >= 0.3 is 0 Å². The molecule has 3 N–H and O–H groups in total. The van der Waals surface area contributed by atoms with Crippen LogP contribution in [0.25, 0.3) is 0 Å². The number of benzene rings is 1. The van der Waals surface area contributed by atoms with Gasteiger partial charge in [-0.25, -0.2) is 4.98 Å². The second-order valence-corrected chi connectivity index (χ2v) is 7.02. The lowest BCUT2D eigenvalue weighted by Crippen LogP contribution is -2.37. The number of carbonyl (C=O) groups is 2. The van der Waals surface area contributed by atoms with Crippen LogP contribution in [0.15, 0.2) is 58.5 Å². The second kappa shape index (κ2) is 9.82. The summed E-state index contributed by atoms with van der Waals surface area (Å²) in [6, 6.07) is 13.2. The van der Waals surface area contributed by atoms with Crippen molar-refractivity contribution in [1.82, 2.24) is 9.88 Å². The zero-order valence-corrected chi connectivity index (χ0v) is 16.2.